The molecule has 2 fully saturated rings. The molecule has 3 aromatic heterocycles. The number of hydrogen-bond acceptors (Lipinski definition) is 11. The van der Waals surface area contributed by atoms with Gasteiger partial charge in [-0.3, -0.25) is 4.68 Å². The Kier molecular flexibility index (Phi) is 8.64. The maximum absolute atomic E-state index is 5.01. The van der Waals surface area contributed by atoms with E-state index >= 15 is 0 Å². The van der Waals surface area contributed by atoms with Gasteiger partial charge in [-0.2, -0.15) is 10.1 Å². The first-order valence-electron chi connectivity index (χ1n) is 12.8. The molecule has 0 amide bonds. The van der Waals surface area contributed by atoms with Crippen molar-refractivity contribution in [3.05, 3.63) is 72.6 Å². The second-order valence-electron chi connectivity index (χ2n) is 9.03. The number of morpholine rings is 1. The Labute approximate surface area is 222 Å². The number of piperazine rings is 1. The van der Waals surface area contributed by atoms with Crippen molar-refractivity contribution in [1.29, 1.82) is 0 Å². The second-order valence-corrected chi connectivity index (χ2v) is 9.03. The molecule has 6 rings (SSSR count). The number of nitrogens with zero attached hydrogens (tertiary/aromatic N) is 9. The van der Waals surface area contributed by atoms with Crippen molar-refractivity contribution >= 4 is 23.5 Å². The first-order valence-corrected chi connectivity index (χ1v) is 12.8. The number of anilines is 4. The van der Waals surface area contributed by atoms with Gasteiger partial charge in [-0.1, -0.05) is 30.3 Å². The van der Waals surface area contributed by atoms with Gasteiger partial charge in [-0.15, -0.1) is 0 Å². The molecule has 1 aromatic carbocycles. The summed E-state index contributed by atoms with van der Waals surface area (Å²) in [7, 11) is 1.87. The Morgan fingerprint density at radius 1 is 0.842 bits per heavy atom. The molecule has 0 atom stereocenters. The summed E-state index contributed by atoms with van der Waals surface area (Å²) in [5, 5.41) is 10.5. The minimum Gasteiger partial charge on any atom is -0.379 e. The molecule has 0 saturated carbocycles. The van der Waals surface area contributed by atoms with Gasteiger partial charge < -0.3 is 25.2 Å². The highest BCUT2D eigenvalue weighted by molar-refractivity contribution is 5.51. The molecule has 0 aliphatic carbocycles. The first kappa shape index (κ1) is 25.5. The van der Waals surface area contributed by atoms with Crippen LogP contribution in [0.3, 0.4) is 0 Å². The lowest BCUT2D eigenvalue weighted by Crippen LogP contribution is -2.47. The summed E-state index contributed by atoms with van der Waals surface area (Å²) in [5.41, 5.74) is 3.20. The van der Waals surface area contributed by atoms with Crippen molar-refractivity contribution in [2.45, 2.75) is 6.42 Å². The predicted molar refractivity (Wildman–Crippen MR) is 146 cm³/mol. The average molecular weight is 516 g/mol. The fraction of sp³-hybridized carbons (Fsp3) is 0.385. The quantitative estimate of drug-likeness (QED) is 0.390. The van der Waals surface area contributed by atoms with Gasteiger partial charge >= 0.3 is 0 Å². The van der Waals surface area contributed by atoms with Crippen molar-refractivity contribution < 1.29 is 4.74 Å². The zero-order chi connectivity index (χ0) is 26.0. The Balaban J connectivity index is 0.000000433. The van der Waals surface area contributed by atoms with Crippen LogP contribution in [0.2, 0.25) is 0 Å². The SMILES string of the molecule is C1COCCN1.Cn1cc(Nc2ncnc(N3CCN(c4ncc(Cc5ccccc5)cn4)CC3)n2)cn1. The molecule has 2 aliphatic heterocycles. The van der Waals surface area contributed by atoms with E-state index in [0.717, 1.165) is 76.1 Å². The van der Waals surface area contributed by atoms with Crippen molar-refractivity contribution in [1.82, 2.24) is 40.0 Å². The van der Waals surface area contributed by atoms with Crippen LogP contribution in [0.1, 0.15) is 11.1 Å². The van der Waals surface area contributed by atoms with E-state index in [4.69, 9.17) is 4.74 Å². The zero-order valence-electron chi connectivity index (χ0n) is 21.6. The molecule has 0 unspecified atom stereocenters. The fourth-order valence-electron chi connectivity index (χ4n) is 4.17. The largest absolute Gasteiger partial charge is 0.379 e. The number of ether oxygens (including phenoxy) is 1. The lowest BCUT2D eigenvalue weighted by Gasteiger charge is -2.34. The van der Waals surface area contributed by atoms with Crippen LogP contribution >= 0.6 is 0 Å². The molecule has 0 spiro atoms. The van der Waals surface area contributed by atoms with Crippen LogP contribution in [0.15, 0.2) is 61.4 Å². The Hall–Kier alpha value is -4.16. The maximum atomic E-state index is 5.01. The van der Waals surface area contributed by atoms with Crippen LogP contribution in [0.5, 0.6) is 0 Å². The van der Waals surface area contributed by atoms with Gasteiger partial charge in [-0.25, -0.2) is 19.9 Å². The topological polar surface area (TPSA) is 122 Å². The molecule has 5 heterocycles. The molecule has 38 heavy (non-hydrogen) atoms. The standard InChI is InChI=1S/C22H24N10.C4H9NO/c1-30-15-19(14-27-30)28-20-25-16-26-22(29-20)32-9-7-31(8-10-32)21-23-12-18(13-24-21)11-17-5-3-2-4-6-17;1-3-6-4-2-5-1/h2-6,12-16H,7-11H2,1H3,(H,25,26,28,29);5H,1-4H2. The van der Waals surface area contributed by atoms with Gasteiger partial charge in [-0.05, 0) is 11.1 Å². The summed E-state index contributed by atoms with van der Waals surface area (Å²) in [6, 6.07) is 10.4. The number of aryl methyl sites for hydroxylation is 1. The van der Waals surface area contributed by atoms with E-state index < -0.39 is 0 Å². The van der Waals surface area contributed by atoms with Crippen LogP contribution in [0.4, 0.5) is 23.5 Å². The van der Waals surface area contributed by atoms with E-state index in [9.17, 15) is 0 Å². The molecular weight excluding hydrogens is 482 g/mol. The number of hydrogen-bond donors (Lipinski definition) is 2. The minimum atomic E-state index is 0.503. The van der Waals surface area contributed by atoms with Crippen LogP contribution in [0.25, 0.3) is 0 Å². The molecule has 198 valence electrons. The van der Waals surface area contributed by atoms with E-state index in [-0.39, 0.29) is 0 Å². The molecule has 12 heteroatoms. The molecule has 2 N–H and O–H groups in total. The summed E-state index contributed by atoms with van der Waals surface area (Å²) >= 11 is 0. The van der Waals surface area contributed by atoms with Crippen LogP contribution < -0.4 is 20.4 Å². The second kappa shape index (κ2) is 12.9. The first-order chi connectivity index (χ1) is 18.7. The Morgan fingerprint density at radius 3 is 2.16 bits per heavy atom. The van der Waals surface area contributed by atoms with Crippen LogP contribution in [0, 0.1) is 0 Å². The number of rotatable bonds is 6. The predicted octanol–water partition coefficient (Wildman–Crippen LogP) is 1.66. The highest BCUT2D eigenvalue weighted by atomic mass is 16.5. The van der Waals surface area contributed by atoms with E-state index in [2.05, 4.69) is 74.7 Å². The smallest absolute Gasteiger partial charge is 0.232 e. The van der Waals surface area contributed by atoms with Gasteiger partial charge in [0.1, 0.15) is 6.33 Å². The zero-order valence-corrected chi connectivity index (χ0v) is 21.6. The Bertz CT molecular complexity index is 1240. The normalized spacial score (nSPS) is 15.5. The lowest BCUT2D eigenvalue weighted by molar-refractivity contribution is 0.109. The minimum absolute atomic E-state index is 0.503. The van der Waals surface area contributed by atoms with Crippen LogP contribution in [-0.2, 0) is 18.2 Å². The molecule has 12 nitrogen and oxygen atoms in total. The average Bonchev–Trinajstić information content (AvgIpc) is 3.40. The van der Waals surface area contributed by atoms with Gasteiger partial charge in [0.2, 0.25) is 17.8 Å². The summed E-state index contributed by atoms with van der Waals surface area (Å²) in [6.07, 6.45) is 9.81. The molecule has 0 bridgehead atoms. The molecule has 4 aromatic rings. The van der Waals surface area contributed by atoms with Crippen molar-refractivity contribution in [3.8, 4) is 0 Å². The van der Waals surface area contributed by atoms with E-state index in [1.165, 1.54) is 11.9 Å². The van der Waals surface area contributed by atoms with Gasteiger partial charge in [0.25, 0.3) is 0 Å². The summed E-state index contributed by atoms with van der Waals surface area (Å²) in [4.78, 5) is 26.7. The van der Waals surface area contributed by atoms with Crippen molar-refractivity contribution in [3.63, 3.8) is 0 Å². The third kappa shape index (κ3) is 7.20. The summed E-state index contributed by atoms with van der Waals surface area (Å²) in [5.74, 6) is 1.92. The van der Waals surface area contributed by atoms with E-state index in [1.54, 1.807) is 10.9 Å². The highest BCUT2D eigenvalue weighted by Gasteiger charge is 2.21. The summed E-state index contributed by atoms with van der Waals surface area (Å²) < 4.78 is 6.73. The van der Waals surface area contributed by atoms with E-state index in [1.807, 2.05) is 31.7 Å². The molecule has 2 saturated heterocycles. The third-order valence-electron chi connectivity index (χ3n) is 6.15. The van der Waals surface area contributed by atoms with Crippen molar-refractivity contribution in [2.75, 3.05) is 67.6 Å². The maximum Gasteiger partial charge on any atom is 0.232 e. The van der Waals surface area contributed by atoms with Gasteiger partial charge in [0.05, 0.1) is 25.1 Å². The number of benzene rings is 1. The van der Waals surface area contributed by atoms with Gasteiger partial charge in [0, 0.05) is 71.3 Å². The third-order valence-corrected chi connectivity index (χ3v) is 6.15. The number of nitrogens with one attached hydrogen (secondary N) is 2. The molecular formula is C26H33N11O. The fourth-order valence-corrected chi connectivity index (χ4v) is 4.17. The summed E-state index contributed by atoms with van der Waals surface area (Å²) in [6.45, 7) is 7.00. The van der Waals surface area contributed by atoms with Gasteiger partial charge in [0.15, 0.2) is 0 Å². The van der Waals surface area contributed by atoms with Crippen molar-refractivity contribution in [2.24, 2.45) is 7.05 Å². The molecule has 0 radical (unpaired) electrons. The highest BCUT2D eigenvalue weighted by Crippen LogP contribution is 2.17. The monoisotopic (exact) mass is 515 g/mol. The van der Waals surface area contributed by atoms with Crippen LogP contribution in [-0.4, -0.2) is 87.2 Å². The lowest BCUT2D eigenvalue weighted by atomic mass is 10.1. The number of aromatic nitrogens is 7. The molecule has 2 aliphatic rings. The van der Waals surface area contributed by atoms with E-state index in [0.29, 0.717) is 11.9 Å². The Morgan fingerprint density at radius 2 is 1.55 bits per heavy atom.